The Morgan fingerprint density at radius 2 is 2.23 bits per heavy atom. The molecule has 0 saturated heterocycles. The van der Waals surface area contributed by atoms with Gasteiger partial charge in [0, 0.05) is 23.4 Å². The Balaban J connectivity index is 1.30. The second-order valence-corrected chi connectivity index (χ2v) is 7.74. The van der Waals surface area contributed by atoms with E-state index in [1.165, 1.54) is 17.7 Å². The lowest BCUT2D eigenvalue weighted by atomic mass is 9.87. The number of rotatable bonds is 4. The Kier molecular flexibility index (Phi) is 3.29. The summed E-state index contributed by atoms with van der Waals surface area (Å²) in [4.78, 5) is 12.7. The van der Waals surface area contributed by atoms with Crippen LogP contribution >= 0.6 is 0 Å². The van der Waals surface area contributed by atoms with E-state index in [0.717, 1.165) is 18.4 Å². The largest absolute Gasteiger partial charge is 0.318 e. The molecular formula is C20H21N5O. The third kappa shape index (κ3) is 2.53. The van der Waals surface area contributed by atoms with Crippen molar-refractivity contribution in [3.05, 3.63) is 65.2 Å². The maximum Gasteiger partial charge on any atom is 0.276 e. The molecule has 2 unspecified atom stereocenters. The van der Waals surface area contributed by atoms with E-state index >= 15 is 0 Å². The average molecular weight is 347 g/mol. The Hall–Kier alpha value is -2.89. The maximum absolute atomic E-state index is 12.7. The highest BCUT2D eigenvalue weighted by Crippen LogP contribution is 2.64. The molecule has 0 radical (unpaired) electrons. The summed E-state index contributed by atoms with van der Waals surface area (Å²) in [6.45, 7) is 3.00. The fraction of sp³-hybridized carbons (Fsp3) is 0.350. The molecular weight excluding hydrogens is 326 g/mol. The number of nitrogens with zero attached hydrogens (tertiary/aromatic N) is 3. The topological polar surface area (TPSA) is 75.6 Å². The first-order chi connectivity index (χ1) is 12.6. The molecule has 5 rings (SSSR count). The summed E-state index contributed by atoms with van der Waals surface area (Å²) >= 11 is 0. The molecule has 132 valence electrons. The summed E-state index contributed by atoms with van der Waals surface area (Å²) in [7, 11) is 0. The summed E-state index contributed by atoms with van der Waals surface area (Å²) in [6.07, 6.45) is 6.80. The zero-order chi connectivity index (χ0) is 17.7. The van der Waals surface area contributed by atoms with E-state index in [0.29, 0.717) is 29.3 Å². The van der Waals surface area contributed by atoms with Crippen LogP contribution in [0.1, 0.15) is 53.0 Å². The molecule has 3 aromatic rings. The van der Waals surface area contributed by atoms with Crippen LogP contribution in [0, 0.1) is 5.41 Å². The van der Waals surface area contributed by atoms with Gasteiger partial charge in [-0.1, -0.05) is 37.3 Å². The number of anilines is 1. The van der Waals surface area contributed by atoms with Gasteiger partial charge in [0.1, 0.15) is 0 Å². The van der Waals surface area contributed by atoms with E-state index < -0.39 is 0 Å². The van der Waals surface area contributed by atoms with Gasteiger partial charge < -0.3 is 5.32 Å². The van der Waals surface area contributed by atoms with Gasteiger partial charge in [0.15, 0.2) is 5.69 Å². The van der Waals surface area contributed by atoms with Crippen LogP contribution in [-0.2, 0) is 13.0 Å². The van der Waals surface area contributed by atoms with Crippen LogP contribution in [0.2, 0.25) is 0 Å². The third-order valence-corrected chi connectivity index (χ3v) is 5.84. The standard InChI is InChI=1S/C20H21N5O/c1-20-8-7-15-17(16(20)9-20)23-24-18(15)19(26)22-14-10-21-25(12-14)11-13-5-3-2-4-6-13/h2-6,10,12,16H,7-9,11H2,1H3,(H,22,26)(H,23,24). The summed E-state index contributed by atoms with van der Waals surface area (Å²) in [5, 5.41) is 14.7. The minimum atomic E-state index is -0.161. The Labute approximate surface area is 151 Å². The molecule has 6 nitrogen and oxygen atoms in total. The molecule has 1 amide bonds. The van der Waals surface area contributed by atoms with E-state index in [-0.39, 0.29) is 5.91 Å². The lowest BCUT2D eigenvalue weighted by Gasteiger charge is -2.17. The summed E-state index contributed by atoms with van der Waals surface area (Å²) < 4.78 is 1.82. The van der Waals surface area contributed by atoms with Crippen LogP contribution in [0.3, 0.4) is 0 Å². The number of nitrogens with one attached hydrogen (secondary N) is 2. The fourth-order valence-corrected chi connectivity index (χ4v) is 4.13. The fourth-order valence-electron chi connectivity index (χ4n) is 4.13. The van der Waals surface area contributed by atoms with Gasteiger partial charge in [-0.25, -0.2) is 0 Å². The van der Waals surface area contributed by atoms with Crippen molar-refractivity contribution in [1.29, 1.82) is 0 Å². The number of carbonyl (C=O) groups excluding carboxylic acids is 1. The van der Waals surface area contributed by atoms with Gasteiger partial charge in [0.2, 0.25) is 0 Å². The van der Waals surface area contributed by atoms with E-state index in [4.69, 9.17) is 0 Å². The lowest BCUT2D eigenvalue weighted by molar-refractivity contribution is 0.102. The zero-order valence-corrected chi connectivity index (χ0v) is 14.7. The van der Waals surface area contributed by atoms with Crippen molar-refractivity contribution in [3.8, 4) is 0 Å². The summed E-state index contributed by atoms with van der Waals surface area (Å²) in [6, 6.07) is 10.1. The highest BCUT2D eigenvalue weighted by molar-refractivity contribution is 6.04. The zero-order valence-electron chi connectivity index (χ0n) is 14.7. The molecule has 1 saturated carbocycles. The number of H-pyrrole nitrogens is 1. The monoisotopic (exact) mass is 347 g/mol. The molecule has 2 aliphatic carbocycles. The van der Waals surface area contributed by atoms with Crippen molar-refractivity contribution in [2.75, 3.05) is 5.32 Å². The van der Waals surface area contributed by atoms with Gasteiger partial charge in [-0.3, -0.25) is 14.6 Å². The Bertz CT molecular complexity index is 973. The molecule has 2 atom stereocenters. The number of carbonyl (C=O) groups is 1. The molecule has 2 N–H and O–H groups in total. The molecule has 26 heavy (non-hydrogen) atoms. The SMILES string of the molecule is CC12CCc3c(C(=O)Nc4cnn(Cc5ccccc5)c4)n[nH]c3C1C2. The summed E-state index contributed by atoms with van der Waals surface area (Å²) in [5.74, 6) is 0.389. The van der Waals surface area contributed by atoms with Crippen LogP contribution in [0.5, 0.6) is 0 Å². The number of hydrogen-bond acceptors (Lipinski definition) is 3. The van der Waals surface area contributed by atoms with Crippen LogP contribution in [0.25, 0.3) is 0 Å². The highest BCUT2D eigenvalue weighted by atomic mass is 16.2. The molecule has 6 heteroatoms. The van der Waals surface area contributed by atoms with Crippen LogP contribution < -0.4 is 5.32 Å². The van der Waals surface area contributed by atoms with Gasteiger partial charge in [-0.15, -0.1) is 0 Å². The molecule has 1 fully saturated rings. The lowest BCUT2D eigenvalue weighted by Crippen LogP contribution is -2.16. The molecule has 2 aliphatic rings. The number of hydrogen-bond donors (Lipinski definition) is 2. The minimum absolute atomic E-state index is 0.161. The average Bonchev–Trinajstić information content (AvgIpc) is 2.96. The molecule has 2 aromatic heterocycles. The van der Waals surface area contributed by atoms with Crippen molar-refractivity contribution in [2.24, 2.45) is 5.41 Å². The minimum Gasteiger partial charge on any atom is -0.318 e. The van der Waals surface area contributed by atoms with Gasteiger partial charge in [-0.2, -0.15) is 10.2 Å². The predicted octanol–water partition coefficient (Wildman–Crippen LogP) is 3.35. The molecule has 1 aromatic carbocycles. The normalized spacial score (nSPS) is 23.2. The second kappa shape index (κ2) is 5.56. The predicted molar refractivity (Wildman–Crippen MR) is 98.1 cm³/mol. The van der Waals surface area contributed by atoms with Gasteiger partial charge in [0.25, 0.3) is 5.91 Å². The first kappa shape index (κ1) is 15.4. The molecule has 2 heterocycles. The van der Waals surface area contributed by atoms with Gasteiger partial charge >= 0.3 is 0 Å². The second-order valence-electron chi connectivity index (χ2n) is 7.74. The first-order valence-electron chi connectivity index (χ1n) is 9.07. The smallest absolute Gasteiger partial charge is 0.276 e. The number of aromatic nitrogens is 4. The summed E-state index contributed by atoms with van der Waals surface area (Å²) in [5.41, 5.74) is 5.08. The highest BCUT2D eigenvalue weighted by Gasteiger charge is 2.55. The van der Waals surface area contributed by atoms with Crippen LogP contribution in [0.4, 0.5) is 5.69 Å². The Morgan fingerprint density at radius 3 is 3.08 bits per heavy atom. The first-order valence-corrected chi connectivity index (χ1v) is 9.07. The van der Waals surface area contributed by atoms with E-state index in [9.17, 15) is 4.79 Å². The Morgan fingerprint density at radius 1 is 1.38 bits per heavy atom. The number of aromatic amines is 1. The molecule has 0 bridgehead atoms. The molecule has 0 spiro atoms. The van der Waals surface area contributed by atoms with E-state index in [2.05, 4.69) is 39.7 Å². The maximum atomic E-state index is 12.7. The van der Waals surface area contributed by atoms with Crippen molar-refractivity contribution < 1.29 is 4.79 Å². The van der Waals surface area contributed by atoms with E-state index in [1.54, 1.807) is 6.20 Å². The third-order valence-electron chi connectivity index (χ3n) is 5.84. The number of fused-ring (bicyclic) bond motifs is 3. The van der Waals surface area contributed by atoms with Crippen molar-refractivity contribution >= 4 is 11.6 Å². The van der Waals surface area contributed by atoms with Crippen molar-refractivity contribution in [2.45, 2.75) is 38.6 Å². The quantitative estimate of drug-likeness (QED) is 0.760. The van der Waals surface area contributed by atoms with Crippen molar-refractivity contribution in [1.82, 2.24) is 20.0 Å². The molecule has 0 aliphatic heterocycles. The number of amides is 1. The van der Waals surface area contributed by atoms with Crippen LogP contribution in [-0.4, -0.2) is 25.9 Å². The number of benzene rings is 1. The van der Waals surface area contributed by atoms with E-state index in [1.807, 2.05) is 29.1 Å². The van der Waals surface area contributed by atoms with Gasteiger partial charge in [0.05, 0.1) is 18.4 Å². The van der Waals surface area contributed by atoms with Crippen LogP contribution in [0.15, 0.2) is 42.7 Å². The van der Waals surface area contributed by atoms with Crippen molar-refractivity contribution in [3.63, 3.8) is 0 Å². The van der Waals surface area contributed by atoms with Gasteiger partial charge in [-0.05, 0) is 30.2 Å².